The van der Waals surface area contributed by atoms with Crippen LogP contribution in [0.4, 0.5) is 5.82 Å². The zero-order valence-corrected chi connectivity index (χ0v) is 20.5. The monoisotopic (exact) mass is 493 g/mol. The molecule has 5 heterocycles. The van der Waals surface area contributed by atoms with E-state index in [1.54, 1.807) is 30.1 Å². The summed E-state index contributed by atoms with van der Waals surface area (Å²) in [5.41, 5.74) is 5.88. The molecule has 1 aromatic carbocycles. The van der Waals surface area contributed by atoms with Crippen molar-refractivity contribution in [3.8, 4) is 33.9 Å². The van der Waals surface area contributed by atoms with Gasteiger partial charge < -0.3 is 14.7 Å². The van der Waals surface area contributed by atoms with Gasteiger partial charge in [0, 0.05) is 74.1 Å². The average molecular weight is 494 g/mol. The summed E-state index contributed by atoms with van der Waals surface area (Å²) in [7, 11) is 1.63. The van der Waals surface area contributed by atoms with Crippen LogP contribution in [0.25, 0.3) is 27.9 Å². The maximum Gasteiger partial charge on any atom is 0.212 e. The number of phenols is 1. The second-order valence-corrected chi connectivity index (χ2v) is 9.09. The van der Waals surface area contributed by atoms with Gasteiger partial charge >= 0.3 is 0 Å². The average Bonchev–Trinajstić information content (AvgIpc) is 3.43. The molecule has 0 atom stereocenters. The lowest BCUT2D eigenvalue weighted by molar-refractivity contribution is 0.249. The molecule has 1 N–H and O–H groups in total. The molecule has 0 aliphatic carbocycles. The molecule has 5 aromatic rings. The van der Waals surface area contributed by atoms with Gasteiger partial charge in [0.05, 0.1) is 7.11 Å². The summed E-state index contributed by atoms with van der Waals surface area (Å²) >= 11 is 0. The zero-order chi connectivity index (χ0) is 25.2. The van der Waals surface area contributed by atoms with Gasteiger partial charge in [0.2, 0.25) is 5.88 Å². The number of nitrogens with zero attached hydrogens (tertiary/aromatic N) is 7. The fraction of sp³-hybridized carbons (Fsp3) is 0.214. The lowest BCUT2D eigenvalue weighted by Gasteiger charge is -2.35. The Morgan fingerprint density at radius 1 is 0.838 bits per heavy atom. The van der Waals surface area contributed by atoms with Gasteiger partial charge in [0.25, 0.3) is 0 Å². The summed E-state index contributed by atoms with van der Waals surface area (Å²) in [6.45, 7) is 4.64. The molecule has 9 nitrogen and oxygen atoms in total. The molecule has 6 rings (SSSR count). The molecule has 0 unspecified atom stereocenters. The predicted molar refractivity (Wildman–Crippen MR) is 142 cm³/mol. The Kier molecular flexibility index (Phi) is 6.11. The van der Waals surface area contributed by atoms with Crippen LogP contribution < -0.4 is 9.64 Å². The van der Waals surface area contributed by atoms with Crippen molar-refractivity contribution in [2.24, 2.45) is 0 Å². The van der Waals surface area contributed by atoms with Gasteiger partial charge in [0.1, 0.15) is 17.9 Å². The van der Waals surface area contributed by atoms with Crippen LogP contribution >= 0.6 is 0 Å². The van der Waals surface area contributed by atoms with Crippen LogP contribution in [-0.2, 0) is 6.54 Å². The third kappa shape index (κ3) is 4.81. The van der Waals surface area contributed by atoms with Gasteiger partial charge in [-0.3, -0.25) is 4.90 Å². The van der Waals surface area contributed by atoms with Crippen molar-refractivity contribution in [2.75, 3.05) is 38.2 Å². The van der Waals surface area contributed by atoms with Crippen molar-refractivity contribution in [3.63, 3.8) is 0 Å². The first kappa shape index (κ1) is 22.9. The van der Waals surface area contributed by atoms with E-state index in [1.807, 2.05) is 36.8 Å². The highest BCUT2D eigenvalue weighted by molar-refractivity contribution is 5.82. The minimum Gasteiger partial charge on any atom is -0.508 e. The van der Waals surface area contributed by atoms with E-state index in [2.05, 4.69) is 49.1 Å². The normalized spacial score (nSPS) is 14.2. The fourth-order valence-electron chi connectivity index (χ4n) is 4.70. The number of ether oxygens (including phenoxy) is 1. The van der Waals surface area contributed by atoms with Gasteiger partial charge in [-0.25, -0.2) is 19.5 Å². The molecule has 0 spiro atoms. The minimum atomic E-state index is 0.240. The van der Waals surface area contributed by atoms with Gasteiger partial charge in [-0.1, -0.05) is 18.2 Å². The van der Waals surface area contributed by atoms with Crippen molar-refractivity contribution < 1.29 is 9.84 Å². The molecular formula is C28H27N7O2. The molecule has 1 aliphatic heterocycles. The van der Waals surface area contributed by atoms with E-state index in [0.29, 0.717) is 5.88 Å². The second-order valence-electron chi connectivity index (χ2n) is 9.09. The van der Waals surface area contributed by atoms with Crippen molar-refractivity contribution in [2.45, 2.75) is 6.54 Å². The number of hydrogen-bond donors (Lipinski definition) is 1. The number of aromatic hydroxyl groups is 1. The van der Waals surface area contributed by atoms with E-state index < -0.39 is 0 Å². The van der Waals surface area contributed by atoms with Crippen molar-refractivity contribution in [1.29, 1.82) is 0 Å². The quantitative estimate of drug-likeness (QED) is 0.381. The maximum atomic E-state index is 9.66. The highest BCUT2D eigenvalue weighted by atomic mass is 16.5. The molecule has 9 heteroatoms. The Hall–Kier alpha value is -4.50. The lowest BCUT2D eigenvalue weighted by Crippen LogP contribution is -2.46. The summed E-state index contributed by atoms with van der Waals surface area (Å²) in [5.74, 6) is 1.85. The third-order valence-electron chi connectivity index (χ3n) is 6.74. The van der Waals surface area contributed by atoms with Crippen LogP contribution in [0.3, 0.4) is 0 Å². The molecule has 4 aromatic heterocycles. The fourth-order valence-corrected chi connectivity index (χ4v) is 4.70. The summed E-state index contributed by atoms with van der Waals surface area (Å²) in [6.07, 6.45) is 7.30. The summed E-state index contributed by atoms with van der Waals surface area (Å²) < 4.78 is 6.93. The number of fused-ring (bicyclic) bond motifs is 1. The first-order valence-electron chi connectivity index (χ1n) is 12.2. The Labute approximate surface area is 214 Å². The highest BCUT2D eigenvalue weighted by Gasteiger charge is 2.19. The maximum absolute atomic E-state index is 9.66. The van der Waals surface area contributed by atoms with Crippen LogP contribution in [0.15, 0.2) is 79.5 Å². The molecule has 0 amide bonds. The van der Waals surface area contributed by atoms with E-state index >= 15 is 0 Å². The largest absolute Gasteiger partial charge is 0.508 e. The minimum absolute atomic E-state index is 0.240. The standard InChI is InChI=1S/C28H27N7O2/c1-37-27-9-2-20(15-30-27)17-33-10-12-34(13-11-33)26-8-5-22(16-29-26)25-14-23(18-35-28(25)31-19-32-35)21-3-6-24(36)7-4-21/h2-9,14-16,18-19,36H,10-13,17H2,1H3. The van der Waals surface area contributed by atoms with Crippen LogP contribution in [0.2, 0.25) is 0 Å². The summed E-state index contributed by atoms with van der Waals surface area (Å²) in [5, 5.41) is 14.0. The Bertz CT molecular complexity index is 1490. The number of hydrogen-bond acceptors (Lipinski definition) is 8. The van der Waals surface area contributed by atoms with E-state index in [4.69, 9.17) is 9.72 Å². The van der Waals surface area contributed by atoms with Gasteiger partial charge in [0.15, 0.2) is 5.65 Å². The third-order valence-corrected chi connectivity index (χ3v) is 6.74. The predicted octanol–water partition coefficient (Wildman–Crippen LogP) is 3.89. The molecule has 186 valence electrons. The van der Waals surface area contributed by atoms with Gasteiger partial charge in [-0.2, -0.15) is 5.10 Å². The van der Waals surface area contributed by atoms with E-state index in [0.717, 1.165) is 66.4 Å². The Morgan fingerprint density at radius 2 is 1.65 bits per heavy atom. The van der Waals surface area contributed by atoms with E-state index in [9.17, 15) is 5.11 Å². The smallest absolute Gasteiger partial charge is 0.212 e. The van der Waals surface area contributed by atoms with Crippen LogP contribution in [0.5, 0.6) is 11.6 Å². The summed E-state index contributed by atoms with van der Waals surface area (Å²) in [6, 6.07) is 17.4. The number of rotatable bonds is 6. The molecule has 0 radical (unpaired) electrons. The SMILES string of the molecule is COc1ccc(CN2CCN(c3ccc(-c4cc(-c5ccc(O)cc5)cn5ncnc45)cn3)CC2)cn1. The molecule has 1 aliphatic rings. The van der Waals surface area contributed by atoms with Crippen LogP contribution in [0, 0.1) is 0 Å². The topological polar surface area (TPSA) is 91.9 Å². The number of piperazine rings is 1. The molecule has 0 bridgehead atoms. The first-order chi connectivity index (χ1) is 18.2. The van der Waals surface area contributed by atoms with Crippen molar-refractivity contribution >= 4 is 11.5 Å². The summed E-state index contributed by atoms with van der Waals surface area (Å²) in [4.78, 5) is 18.3. The number of anilines is 1. The number of aromatic nitrogens is 5. The van der Waals surface area contributed by atoms with Crippen molar-refractivity contribution in [1.82, 2.24) is 29.5 Å². The van der Waals surface area contributed by atoms with Gasteiger partial charge in [-0.05, 0) is 41.5 Å². The second kappa shape index (κ2) is 9.87. The highest BCUT2D eigenvalue weighted by Crippen LogP contribution is 2.30. The lowest BCUT2D eigenvalue weighted by atomic mass is 10.0. The van der Waals surface area contributed by atoms with Crippen LogP contribution in [-0.4, -0.2) is 67.9 Å². The Balaban J connectivity index is 1.17. The molecule has 1 fully saturated rings. The van der Waals surface area contributed by atoms with E-state index in [1.165, 1.54) is 5.56 Å². The number of benzene rings is 1. The number of pyridine rings is 3. The zero-order valence-electron chi connectivity index (χ0n) is 20.5. The molecular weight excluding hydrogens is 466 g/mol. The molecule has 1 saturated heterocycles. The molecule has 37 heavy (non-hydrogen) atoms. The molecule has 0 saturated carbocycles. The Morgan fingerprint density at radius 3 is 2.35 bits per heavy atom. The van der Waals surface area contributed by atoms with Gasteiger partial charge in [-0.15, -0.1) is 0 Å². The van der Waals surface area contributed by atoms with E-state index in [-0.39, 0.29) is 5.75 Å². The van der Waals surface area contributed by atoms with Crippen LogP contribution in [0.1, 0.15) is 5.56 Å². The number of phenolic OH excluding ortho intramolecular Hbond substituents is 1. The number of methoxy groups -OCH3 is 1. The first-order valence-corrected chi connectivity index (χ1v) is 12.2. The van der Waals surface area contributed by atoms with Crippen molar-refractivity contribution in [3.05, 3.63) is 85.1 Å².